The fourth-order valence-corrected chi connectivity index (χ4v) is 1.82. The third-order valence-electron chi connectivity index (χ3n) is 2.65. The molecule has 6 heteroatoms. The van der Waals surface area contributed by atoms with Crippen LogP contribution in [0.4, 0.5) is 0 Å². The third-order valence-corrected chi connectivity index (χ3v) is 2.65. The lowest BCUT2D eigenvalue weighted by molar-refractivity contribution is 0.0764. The zero-order chi connectivity index (χ0) is 10.7. The zero-order valence-corrected chi connectivity index (χ0v) is 8.73. The van der Waals surface area contributed by atoms with E-state index >= 15 is 0 Å². The minimum Gasteiger partial charge on any atom is -0.339 e. The summed E-state index contributed by atoms with van der Waals surface area (Å²) >= 11 is 0. The Bertz CT molecular complexity index is 317. The van der Waals surface area contributed by atoms with E-state index < -0.39 is 0 Å². The number of aromatic amines is 1. The van der Waals surface area contributed by atoms with Crippen LogP contribution in [-0.4, -0.2) is 52.7 Å². The molecule has 1 atom stereocenters. The summed E-state index contributed by atoms with van der Waals surface area (Å²) in [5.74, 6) is 0.671. The average molecular weight is 209 g/mol. The van der Waals surface area contributed by atoms with Gasteiger partial charge in [-0.15, -0.1) is 5.10 Å². The number of carbonyl (C=O) groups excluding carboxylic acids is 1. The number of nitrogens with one attached hydrogen (secondary N) is 2. The highest BCUT2D eigenvalue weighted by atomic mass is 16.2. The van der Waals surface area contributed by atoms with Crippen LogP contribution in [0.15, 0.2) is 6.33 Å². The molecule has 1 aliphatic rings. The molecule has 0 aliphatic carbocycles. The van der Waals surface area contributed by atoms with Crippen LogP contribution in [0.1, 0.15) is 17.0 Å². The lowest BCUT2D eigenvalue weighted by Crippen LogP contribution is -2.33. The van der Waals surface area contributed by atoms with E-state index in [1.165, 1.54) is 6.33 Å². The predicted octanol–water partition coefficient (Wildman–Crippen LogP) is -0.514. The summed E-state index contributed by atoms with van der Waals surface area (Å²) in [7, 11) is 1.79. The second kappa shape index (κ2) is 4.39. The van der Waals surface area contributed by atoms with Gasteiger partial charge in [0.05, 0.1) is 0 Å². The summed E-state index contributed by atoms with van der Waals surface area (Å²) in [6.07, 6.45) is 2.55. The summed E-state index contributed by atoms with van der Waals surface area (Å²) in [6.45, 7) is 2.80. The molecule has 0 aromatic carbocycles. The Hall–Kier alpha value is -1.43. The molecule has 6 nitrogen and oxygen atoms in total. The van der Waals surface area contributed by atoms with Gasteiger partial charge < -0.3 is 10.2 Å². The molecule has 15 heavy (non-hydrogen) atoms. The van der Waals surface area contributed by atoms with Crippen molar-refractivity contribution in [2.24, 2.45) is 5.92 Å². The summed E-state index contributed by atoms with van der Waals surface area (Å²) in [4.78, 5) is 17.3. The van der Waals surface area contributed by atoms with Gasteiger partial charge in [0.2, 0.25) is 5.82 Å². The van der Waals surface area contributed by atoms with Gasteiger partial charge in [0.1, 0.15) is 6.33 Å². The largest absolute Gasteiger partial charge is 0.339 e. The number of aromatic nitrogens is 3. The molecule has 0 bridgehead atoms. The summed E-state index contributed by atoms with van der Waals surface area (Å²) < 4.78 is 0. The maximum absolute atomic E-state index is 11.8. The third kappa shape index (κ3) is 2.33. The molecule has 1 fully saturated rings. The highest BCUT2D eigenvalue weighted by molar-refractivity contribution is 5.90. The molecular weight excluding hydrogens is 194 g/mol. The van der Waals surface area contributed by atoms with E-state index in [0.717, 1.165) is 26.1 Å². The van der Waals surface area contributed by atoms with Gasteiger partial charge in [-0.25, -0.2) is 4.98 Å². The summed E-state index contributed by atoms with van der Waals surface area (Å²) in [6, 6.07) is 0. The predicted molar refractivity (Wildman–Crippen MR) is 54.3 cm³/mol. The lowest BCUT2D eigenvalue weighted by Gasteiger charge is -2.18. The maximum atomic E-state index is 11.8. The van der Waals surface area contributed by atoms with Crippen LogP contribution in [0, 0.1) is 5.92 Å². The van der Waals surface area contributed by atoms with Crippen molar-refractivity contribution >= 4 is 5.91 Å². The number of H-pyrrole nitrogens is 1. The first-order valence-corrected chi connectivity index (χ1v) is 5.09. The molecule has 1 saturated heterocycles. The van der Waals surface area contributed by atoms with Gasteiger partial charge in [-0.1, -0.05) is 0 Å². The number of carbonyl (C=O) groups is 1. The first-order valence-electron chi connectivity index (χ1n) is 5.09. The van der Waals surface area contributed by atoms with Crippen molar-refractivity contribution in [2.45, 2.75) is 6.42 Å². The molecule has 1 unspecified atom stereocenters. The fraction of sp³-hybridized carbons (Fsp3) is 0.667. The Morgan fingerprint density at radius 2 is 2.60 bits per heavy atom. The molecule has 2 N–H and O–H groups in total. The minimum atomic E-state index is -0.122. The summed E-state index contributed by atoms with van der Waals surface area (Å²) in [5, 5.41) is 9.58. The monoisotopic (exact) mass is 209 g/mol. The Balaban J connectivity index is 1.90. The Labute approximate surface area is 88.1 Å². The number of hydrogen-bond acceptors (Lipinski definition) is 4. The van der Waals surface area contributed by atoms with Crippen molar-refractivity contribution in [1.82, 2.24) is 25.4 Å². The molecule has 2 heterocycles. The highest BCUT2D eigenvalue weighted by Crippen LogP contribution is 2.09. The lowest BCUT2D eigenvalue weighted by atomic mass is 10.1. The van der Waals surface area contributed by atoms with Crippen LogP contribution in [-0.2, 0) is 0 Å². The molecule has 0 saturated carbocycles. The number of nitrogens with zero attached hydrogens (tertiary/aromatic N) is 3. The highest BCUT2D eigenvalue weighted by Gasteiger charge is 2.21. The molecule has 0 spiro atoms. The van der Waals surface area contributed by atoms with Gasteiger partial charge in [0.15, 0.2) is 0 Å². The second-order valence-electron chi connectivity index (χ2n) is 3.87. The van der Waals surface area contributed by atoms with E-state index in [0.29, 0.717) is 5.92 Å². The Kier molecular flexibility index (Phi) is 2.96. The van der Waals surface area contributed by atoms with Crippen molar-refractivity contribution in [3.05, 3.63) is 12.2 Å². The SMILES string of the molecule is CN(CC1CCNC1)C(=O)c1nc[nH]n1. The zero-order valence-electron chi connectivity index (χ0n) is 8.73. The fourth-order valence-electron chi connectivity index (χ4n) is 1.82. The van der Waals surface area contributed by atoms with E-state index in [-0.39, 0.29) is 11.7 Å². The van der Waals surface area contributed by atoms with Crippen LogP contribution in [0.2, 0.25) is 0 Å². The van der Waals surface area contributed by atoms with Crippen molar-refractivity contribution in [2.75, 3.05) is 26.7 Å². The molecular formula is C9H15N5O. The topological polar surface area (TPSA) is 73.9 Å². The Morgan fingerprint density at radius 1 is 1.73 bits per heavy atom. The van der Waals surface area contributed by atoms with E-state index in [1.54, 1.807) is 11.9 Å². The van der Waals surface area contributed by atoms with Gasteiger partial charge in [0.25, 0.3) is 5.91 Å². The van der Waals surface area contributed by atoms with E-state index in [2.05, 4.69) is 20.5 Å². The van der Waals surface area contributed by atoms with Crippen LogP contribution in [0.5, 0.6) is 0 Å². The van der Waals surface area contributed by atoms with E-state index in [9.17, 15) is 4.79 Å². The van der Waals surface area contributed by atoms with Crippen LogP contribution in [0.25, 0.3) is 0 Å². The molecule has 0 radical (unpaired) electrons. The smallest absolute Gasteiger partial charge is 0.293 e. The molecule has 1 aromatic rings. The Morgan fingerprint density at radius 3 is 3.20 bits per heavy atom. The van der Waals surface area contributed by atoms with Crippen LogP contribution < -0.4 is 5.32 Å². The molecule has 1 aromatic heterocycles. The van der Waals surface area contributed by atoms with Crippen molar-refractivity contribution in [1.29, 1.82) is 0 Å². The molecule has 1 amide bonds. The second-order valence-corrected chi connectivity index (χ2v) is 3.87. The molecule has 82 valence electrons. The first-order chi connectivity index (χ1) is 7.27. The van der Waals surface area contributed by atoms with Crippen LogP contribution >= 0.6 is 0 Å². The quantitative estimate of drug-likeness (QED) is 0.703. The summed E-state index contributed by atoms with van der Waals surface area (Å²) in [5.41, 5.74) is 0. The van der Waals surface area contributed by atoms with Gasteiger partial charge >= 0.3 is 0 Å². The van der Waals surface area contributed by atoms with Gasteiger partial charge in [-0.2, -0.15) is 0 Å². The minimum absolute atomic E-state index is 0.122. The first kappa shape index (κ1) is 10.1. The normalized spacial score (nSPS) is 20.5. The standard InChI is InChI=1S/C9H15N5O/c1-14(5-7-2-3-10-4-7)9(15)8-11-6-12-13-8/h6-7,10H,2-5H2,1H3,(H,11,12,13). The van der Waals surface area contributed by atoms with Crippen molar-refractivity contribution in [3.63, 3.8) is 0 Å². The van der Waals surface area contributed by atoms with E-state index in [1.807, 2.05) is 0 Å². The number of rotatable bonds is 3. The van der Waals surface area contributed by atoms with Gasteiger partial charge in [0, 0.05) is 13.6 Å². The number of hydrogen-bond donors (Lipinski definition) is 2. The average Bonchev–Trinajstić information content (AvgIpc) is 2.88. The van der Waals surface area contributed by atoms with Crippen molar-refractivity contribution in [3.8, 4) is 0 Å². The number of amides is 1. The van der Waals surface area contributed by atoms with Crippen molar-refractivity contribution < 1.29 is 4.79 Å². The van der Waals surface area contributed by atoms with Crippen LogP contribution in [0.3, 0.4) is 0 Å². The van der Waals surface area contributed by atoms with E-state index in [4.69, 9.17) is 0 Å². The molecule has 1 aliphatic heterocycles. The maximum Gasteiger partial charge on any atom is 0.293 e. The molecule has 2 rings (SSSR count). The van der Waals surface area contributed by atoms with Gasteiger partial charge in [-0.05, 0) is 25.4 Å². The van der Waals surface area contributed by atoms with Gasteiger partial charge in [-0.3, -0.25) is 9.89 Å².